The van der Waals surface area contributed by atoms with Gasteiger partial charge in [0.05, 0.1) is 0 Å². The molecule has 0 aliphatic rings. The van der Waals surface area contributed by atoms with E-state index in [0.29, 0.717) is 28.1 Å². The van der Waals surface area contributed by atoms with Crippen molar-refractivity contribution in [1.82, 2.24) is 0 Å². The molecular formula is C51H94. The van der Waals surface area contributed by atoms with E-state index in [-0.39, 0.29) is 27.1 Å². The van der Waals surface area contributed by atoms with Crippen molar-refractivity contribution in [2.75, 3.05) is 0 Å². The van der Waals surface area contributed by atoms with Gasteiger partial charge in [0, 0.05) is 0 Å². The van der Waals surface area contributed by atoms with Crippen LogP contribution < -0.4 is 0 Å². The lowest BCUT2D eigenvalue weighted by Gasteiger charge is -2.51. The van der Waals surface area contributed by atoms with Gasteiger partial charge in [-0.15, -0.1) is 6.58 Å². The summed E-state index contributed by atoms with van der Waals surface area (Å²) in [5, 5.41) is 0. The summed E-state index contributed by atoms with van der Waals surface area (Å²) < 4.78 is 0. The predicted molar refractivity (Wildman–Crippen MR) is 238 cm³/mol. The van der Waals surface area contributed by atoms with Gasteiger partial charge in [0.2, 0.25) is 0 Å². The van der Waals surface area contributed by atoms with Crippen molar-refractivity contribution >= 4 is 0 Å². The van der Waals surface area contributed by atoms with Gasteiger partial charge in [-0.2, -0.15) is 0 Å². The molecule has 1 rings (SSSR count). The van der Waals surface area contributed by atoms with Crippen molar-refractivity contribution in [3.05, 3.63) is 71.8 Å². The van der Waals surface area contributed by atoms with Crippen LogP contribution in [0.3, 0.4) is 0 Å². The molecule has 0 saturated carbocycles. The van der Waals surface area contributed by atoms with E-state index in [4.69, 9.17) is 0 Å². The summed E-state index contributed by atoms with van der Waals surface area (Å²) >= 11 is 0. The molecule has 0 aliphatic carbocycles. The lowest BCUT2D eigenvalue weighted by atomic mass is 9.54. The fourth-order valence-corrected chi connectivity index (χ4v) is 7.21. The zero-order valence-corrected chi connectivity index (χ0v) is 39.6. The molecule has 0 N–H and O–H groups in total. The summed E-state index contributed by atoms with van der Waals surface area (Å²) in [5.74, 6) is 1.13. The van der Waals surface area contributed by atoms with Crippen LogP contribution in [0.25, 0.3) is 0 Å². The molecule has 0 nitrogen and oxygen atoms in total. The summed E-state index contributed by atoms with van der Waals surface area (Å²) in [6, 6.07) is 9.12. The van der Waals surface area contributed by atoms with Crippen molar-refractivity contribution in [1.29, 1.82) is 0 Å². The van der Waals surface area contributed by atoms with Gasteiger partial charge < -0.3 is 0 Å². The molecule has 0 bridgehead atoms. The van der Waals surface area contributed by atoms with Crippen LogP contribution in [0, 0.1) is 56.7 Å². The van der Waals surface area contributed by atoms with Gasteiger partial charge in [0.1, 0.15) is 0 Å². The second-order valence-electron chi connectivity index (χ2n) is 22.5. The Morgan fingerprint density at radius 1 is 0.588 bits per heavy atom. The number of aryl methyl sites for hydroxylation is 1. The summed E-state index contributed by atoms with van der Waals surface area (Å²) in [5.41, 5.74) is 8.62. The van der Waals surface area contributed by atoms with Crippen molar-refractivity contribution in [3.63, 3.8) is 0 Å². The van der Waals surface area contributed by atoms with E-state index in [1.54, 1.807) is 0 Å². The fraction of sp³-hybridized carbons (Fsp3) is 0.765. The van der Waals surface area contributed by atoms with Crippen LogP contribution in [-0.4, -0.2) is 0 Å². The highest BCUT2D eigenvalue weighted by Crippen LogP contribution is 2.55. The van der Waals surface area contributed by atoms with Crippen molar-refractivity contribution in [2.45, 2.75) is 204 Å². The second-order valence-corrected chi connectivity index (χ2v) is 22.5. The molecule has 0 aliphatic heterocycles. The van der Waals surface area contributed by atoms with E-state index in [2.05, 4.69) is 196 Å². The average Bonchev–Trinajstić information content (AvgIpc) is 2.91. The summed E-state index contributed by atoms with van der Waals surface area (Å²) in [4.78, 5) is 0. The van der Waals surface area contributed by atoms with E-state index in [0.717, 1.165) is 12.8 Å². The second kappa shape index (κ2) is 18.7. The number of hydrogen-bond donors (Lipinski definition) is 0. The van der Waals surface area contributed by atoms with Gasteiger partial charge in [-0.3, -0.25) is 0 Å². The molecule has 2 unspecified atom stereocenters. The van der Waals surface area contributed by atoms with Crippen LogP contribution in [0.1, 0.15) is 202 Å². The molecule has 1 aromatic carbocycles. The molecule has 0 aromatic heterocycles. The van der Waals surface area contributed by atoms with E-state index in [1.807, 2.05) is 13.8 Å². The van der Waals surface area contributed by atoms with Gasteiger partial charge in [-0.1, -0.05) is 205 Å². The lowest BCUT2D eigenvalue weighted by Crippen LogP contribution is -2.42. The third-order valence-corrected chi connectivity index (χ3v) is 14.2. The molecule has 0 radical (unpaired) electrons. The highest BCUT2D eigenvalue weighted by Gasteiger charge is 2.46. The molecule has 0 amide bonds. The van der Waals surface area contributed by atoms with E-state index in [1.165, 1.54) is 47.1 Å². The van der Waals surface area contributed by atoms with Crippen LogP contribution in [-0.2, 0) is 5.41 Å². The smallest absolute Gasteiger partial charge is 0.00958 e. The van der Waals surface area contributed by atoms with Gasteiger partial charge in [0.25, 0.3) is 0 Å². The minimum atomic E-state index is 0.0678. The van der Waals surface area contributed by atoms with Crippen LogP contribution in [0.15, 0.2) is 60.7 Å². The van der Waals surface area contributed by atoms with Crippen LogP contribution in [0.4, 0.5) is 0 Å². The Morgan fingerprint density at radius 2 is 0.980 bits per heavy atom. The first-order chi connectivity index (χ1) is 22.4. The van der Waals surface area contributed by atoms with E-state index in [9.17, 15) is 0 Å². The molecule has 298 valence electrons. The molecule has 0 spiro atoms. The monoisotopic (exact) mass is 707 g/mol. The van der Waals surface area contributed by atoms with Crippen molar-refractivity contribution < 1.29 is 0 Å². The first-order valence-electron chi connectivity index (χ1n) is 20.5. The maximum atomic E-state index is 4.54. The molecule has 51 heavy (non-hydrogen) atoms. The number of benzene rings is 1. The summed E-state index contributed by atoms with van der Waals surface area (Å²) in [7, 11) is 0. The highest BCUT2D eigenvalue weighted by atomic mass is 14.5. The molecule has 1 aromatic rings. The first-order valence-corrected chi connectivity index (χ1v) is 20.5. The zero-order chi connectivity index (χ0) is 41.4. The van der Waals surface area contributed by atoms with Crippen LogP contribution >= 0.6 is 0 Å². The molecule has 2 atom stereocenters. The first kappa shape index (κ1) is 51.5. The zero-order valence-electron chi connectivity index (χ0n) is 39.6. The number of allylic oxidation sites excluding steroid dienone is 3. The Bertz CT molecular complexity index is 1220. The highest BCUT2D eigenvalue weighted by molar-refractivity contribution is 5.27. The normalized spacial score (nSPS) is 14.7. The third kappa shape index (κ3) is 15.4. The summed E-state index contributed by atoms with van der Waals surface area (Å²) in [6.07, 6.45) is 5.68. The Kier molecular flexibility index (Phi) is 18.9. The molecular weight excluding hydrogens is 613 g/mol. The Labute approximate surface area is 324 Å². The standard InChI is InChI=1S/C25H46.C24H42.C2H6/c1-18(2)15-21(19(3)4)16-20(5)25(13,14)24(11,12)17-23(9,10)22(6,7)8;1-18-12-14-20(15-13-18)22(6,7)16-19(2)23(8,9)17-24(10,11)21(3,4)5;1-2/h21H,1,3,5,15-17H2,2,4,6-14H3;12-15,19H,16-17H2,1-11H3;1-2H3. The molecule has 0 heterocycles. The maximum absolute atomic E-state index is 4.54. The number of rotatable bonds is 15. The largest absolute Gasteiger partial charge is 0.100 e. The van der Waals surface area contributed by atoms with Gasteiger partial charge in [0.15, 0.2) is 0 Å². The average molecular weight is 707 g/mol. The fourth-order valence-electron chi connectivity index (χ4n) is 7.21. The minimum absolute atomic E-state index is 0.0678. The van der Waals surface area contributed by atoms with Crippen molar-refractivity contribution in [2.24, 2.45) is 49.7 Å². The molecule has 0 saturated heterocycles. The Hall–Kier alpha value is -1.56. The summed E-state index contributed by atoms with van der Waals surface area (Å²) in [6.45, 7) is 69.0. The van der Waals surface area contributed by atoms with Gasteiger partial charge in [-0.25, -0.2) is 0 Å². The topological polar surface area (TPSA) is 0 Å². The Morgan fingerprint density at radius 3 is 1.33 bits per heavy atom. The molecule has 0 heteroatoms. The van der Waals surface area contributed by atoms with E-state index >= 15 is 0 Å². The van der Waals surface area contributed by atoms with Crippen molar-refractivity contribution in [3.8, 4) is 0 Å². The third-order valence-electron chi connectivity index (χ3n) is 14.2. The SMILES string of the molecule is C=C(C)CC(CC(=C)C(C)(C)C(C)(C)CC(C)(C)C(C)(C)C)C(=C)C.CC.Cc1ccc(C(C)(C)CC(C)C(C)(C)CC(C)(C)C(C)(C)C)cc1. The van der Waals surface area contributed by atoms with Crippen LogP contribution in [0.2, 0.25) is 0 Å². The van der Waals surface area contributed by atoms with Crippen LogP contribution in [0.5, 0.6) is 0 Å². The predicted octanol–water partition coefficient (Wildman–Crippen LogP) is 17.4. The van der Waals surface area contributed by atoms with Gasteiger partial charge >= 0.3 is 0 Å². The Balaban J connectivity index is 0. The quantitative estimate of drug-likeness (QED) is 0.159. The van der Waals surface area contributed by atoms with E-state index < -0.39 is 0 Å². The minimum Gasteiger partial charge on any atom is -0.100 e. The number of hydrogen-bond acceptors (Lipinski definition) is 0. The molecule has 0 fully saturated rings. The van der Waals surface area contributed by atoms with Gasteiger partial charge in [-0.05, 0) is 114 Å². The maximum Gasteiger partial charge on any atom is -0.00958 e. The lowest BCUT2D eigenvalue weighted by molar-refractivity contribution is 0.0167.